The fraction of sp³-hybridized carbons (Fsp3) is 0.560. The number of methoxy groups -OCH3 is 1. The maximum atomic E-state index is 13.2. The van der Waals surface area contributed by atoms with Crippen LogP contribution in [0.3, 0.4) is 0 Å². The molecule has 1 aromatic heterocycles. The normalized spacial score (nSPS) is 21.2. The van der Waals surface area contributed by atoms with Crippen LogP contribution in [-0.2, 0) is 0 Å². The first-order valence-electron chi connectivity index (χ1n) is 12.1. The molecule has 0 atom stereocenters. The predicted octanol–water partition coefficient (Wildman–Crippen LogP) is 4.23. The number of alkyl halides is 1. The Balaban J connectivity index is 1.32. The van der Waals surface area contributed by atoms with Crippen LogP contribution >= 0.6 is 15.9 Å². The third-order valence-corrected chi connectivity index (χ3v) is 7.88. The summed E-state index contributed by atoms with van der Waals surface area (Å²) in [7, 11) is 3.41. The van der Waals surface area contributed by atoms with Gasteiger partial charge in [-0.05, 0) is 61.8 Å². The van der Waals surface area contributed by atoms with Crippen molar-refractivity contribution in [2.75, 3.05) is 62.8 Å². The number of piperazine rings is 1. The highest BCUT2D eigenvalue weighted by Gasteiger charge is 2.26. The molecule has 1 aromatic carbocycles. The zero-order valence-electron chi connectivity index (χ0n) is 20.1. The Hall–Kier alpha value is -2.39. The maximum Gasteiger partial charge on any atom is 0.254 e. The summed E-state index contributed by atoms with van der Waals surface area (Å²) in [5.74, 6) is 3.47. The largest absolute Gasteiger partial charge is 0.495 e. The molecule has 184 valence electrons. The Labute approximate surface area is 210 Å². The Morgan fingerprint density at radius 3 is 2.53 bits per heavy atom. The lowest BCUT2D eigenvalue weighted by molar-refractivity contribution is 0.0601. The number of amides is 1. The molecular formula is C25H35BrN6O2. The van der Waals surface area contributed by atoms with E-state index in [4.69, 9.17) is 4.74 Å². The number of nitrogens with one attached hydrogen (secondary N) is 2. The highest BCUT2D eigenvalue weighted by atomic mass is 79.9. The summed E-state index contributed by atoms with van der Waals surface area (Å²) in [6, 6.07) is 7.27. The summed E-state index contributed by atoms with van der Waals surface area (Å²) in [4.78, 5) is 26.3. The molecule has 0 radical (unpaired) electrons. The molecule has 34 heavy (non-hydrogen) atoms. The van der Waals surface area contributed by atoms with Gasteiger partial charge in [0.2, 0.25) is 5.95 Å². The Bertz CT molecular complexity index is 958. The number of benzene rings is 1. The van der Waals surface area contributed by atoms with Crippen molar-refractivity contribution in [1.29, 1.82) is 0 Å². The zero-order chi connectivity index (χ0) is 23.9. The third kappa shape index (κ3) is 6.18. The van der Waals surface area contributed by atoms with Gasteiger partial charge in [0.15, 0.2) is 0 Å². The average Bonchev–Trinajstić information content (AvgIpc) is 2.89. The number of anilines is 3. The van der Waals surface area contributed by atoms with E-state index in [1.807, 2.05) is 24.1 Å². The standard InChI is InChI=1S/C25H35BrN6O2/c1-27-23-9-10-28-25(30-23)29-21-8-7-20(15-22(21)34-2)24(33)32-13-11-31(12-14-32)17-19-5-3-18(16-26)4-6-19/h7-10,15,18-19H,3-6,11-14,16-17H2,1-2H3,(H2,27,28,29,30). The van der Waals surface area contributed by atoms with Gasteiger partial charge >= 0.3 is 0 Å². The van der Waals surface area contributed by atoms with Crippen molar-refractivity contribution in [1.82, 2.24) is 19.8 Å². The van der Waals surface area contributed by atoms with Crippen molar-refractivity contribution in [2.24, 2.45) is 11.8 Å². The van der Waals surface area contributed by atoms with Crippen LogP contribution in [0.1, 0.15) is 36.0 Å². The molecule has 1 aliphatic heterocycles. The first kappa shape index (κ1) is 24.7. The molecule has 2 N–H and O–H groups in total. The SMILES string of the molecule is CNc1ccnc(Nc2ccc(C(=O)N3CCN(CC4CCC(CBr)CC4)CC3)cc2OC)n1. The summed E-state index contributed by atoms with van der Waals surface area (Å²) in [5, 5.41) is 7.31. The van der Waals surface area contributed by atoms with Crippen LogP contribution in [0.2, 0.25) is 0 Å². The minimum absolute atomic E-state index is 0.0516. The topological polar surface area (TPSA) is 82.6 Å². The Morgan fingerprint density at radius 2 is 1.85 bits per heavy atom. The Kier molecular flexibility index (Phi) is 8.61. The molecule has 1 saturated carbocycles. The number of rotatable bonds is 8. The van der Waals surface area contributed by atoms with Gasteiger partial charge in [0, 0.05) is 56.9 Å². The maximum absolute atomic E-state index is 13.2. The molecule has 2 fully saturated rings. The van der Waals surface area contributed by atoms with Crippen molar-refractivity contribution in [2.45, 2.75) is 25.7 Å². The minimum Gasteiger partial charge on any atom is -0.495 e. The molecule has 9 heteroatoms. The molecule has 1 amide bonds. The predicted molar refractivity (Wildman–Crippen MR) is 139 cm³/mol. The van der Waals surface area contributed by atoms with Crippen molar-refractivity contribution in [3.63, 3.8) is 0 Å². The second kappa shape index (κ2) is 11.8. The lowest BCUT2D eigenvalue weighted by atomic mass is 9.82. The average molecular weight is 531 g/mol. The van der Waals surface area contributed by atoms with Crippen molar-refractivity contribution in [3.8, 4) is 5.75 Å². The van der Waals surface area contributed by atoms with Gasteiger partial charge in [0.25, 0.3) is 5.91 Å². The third-order valence-electron chi connectivity index (χ3n) is 6.97. The molecule has 4 rings (SSSR count). The molecule has 0 unspecified atom stereocenters. The van der Waals surface area contributed by atoms with Crippen LogP contribution in [-0.4, -0.2) is 77.9 Å². The van der Waals surface area contributed by atoms with Gasteiger partial charge in [0.05, 0.1) is 12.8 Å². The van der Waals surface area contributed by atoms with E-state index in [9.17, 15) is 4.79 Å². The number of halogens is 1. The quantitative estimate of drug-likeness (QED) is 0.494. The van der Waals surface area contributed by atoms with E-state index in [1.165, 1.54) is 32.2 Å². The summed E-state index contributed by atoms with van der Waals surface area (Å²) in [6.45, 7) is 4.59. The number of ether oxygens (including phenoxy) is 1. The van der Waals surface area contributed by atoms with Crippen molar-refractivity contribution < 1.29 is 9.53 Å². The molecular weight excluding hydrogens is 496 g/mol. The molecule has 1 saturated heterocycles. The zero-order valence-corrected chi connectivity index (χ0v) is 21.7. The molecule has 8 nitrogen and oxygen atoms in total. The second-order valence-electron chi connectivity index (χ2n) is 9.19. The number of aromatic nitrogens is 2. The van der Waals surface area contributed by atoms with Crippen molar-refractivity contribution >= 4 is 39.3 Å². The molecule has 2 aliphatic rings. The van der Waals surface area contributed by atoms with E-state index in [0.717, 1.165) is 43.3 Å². The van der Waals surface area contributed by atoms with Crippen LogP contribution in [0, 0.1) is 11.8 Å². The molecule has 2 aromatic rings. The summed E-state index contributed by atoms with van der Waals surface area (Å²) in [5.41, 5.74) is 1.35. The van der Waals surface area contributed by atoms with Gasteiger partial charge in [-0.2, -0.15) is 4.98 Å². The molecule has 2 heterocycles. The highest BCUT2D eigenvalue weighted by molar-refractivity contribution is 9.09. The highest BCUT2D eigenvalue weighted by Crippen LogP contribution is 2.31. The lowest BCUT2D eigenvalue weighted by Crippen LogP contribution is -2.50. The molecule has 0 bridgehead atoms. The van der Waals surface area contributed by atoms with Gasteiger partial charge in [-0.3, -0.25) is 9.69 Å². The van der Waals surface area contributed by atoms with Crippen LogP contribution in [0.4, 0.5) is 17.5 Å². The van der Waals surface area contributed by atoms with E-state index in [2.05, 4.69) is 41.4 Å². The number of nitrogens with zero attached hydrogens (tertiary/aromatic N) is 4. The van der Waals surface area contributed by atoms with Crippen molar-refractivity contribution in [3.05, 3.63) is 36.0 Å². The fourth-order valence-corrected chi connectivity index (χ4v) is 5.50. The second-order valence-corrected chi connectivity index (χ2v) is 9.84. The fourth-order valence-electron chi connectivity index (χ4n) is 4.86. The van der Waals surface area contributed by atoms with Gasteiger partial charge in [0.1, 0.15) is 11.6 Å². The molecule has 0 spiro atoms. The summed E-state index contributed by atoms with van der Waals surface area (Å²) in [6.07, 6.45) is 7.03. The van der Waals surface area contributed by atoms with Gasteiger partial charge in [-0.25, -0.2) is 4.98 Å². The minimum atomic E-state index is 0.0516. The van der Waals surface area contributed by atoms with Gasteiger partial charge in [-0.1, -0.05) is 15.9 Å². The van der Waals surface area contributed by atoms with Gasteiger partial charge in [-0.15, -0.1) is 0 Å². The van der Waals surface area contributed by atoms with E-state index >= 15 is 0 Å². The monoisotopic (exact) mass is 530 g/mol. The van der Waals surface area contributed by atoms with E-state index in [-0.39, 0.29) is 5.91 Å². The lowest BCUT2D eigenvalue weighted by Gasteiger charge is -2.38. The van der Waals surface area contributed by atoms with Crippen LogP contribution in [0.15, 0.2) is 30.5 Å². The van der Waals surface area contributed by atoms with Crippen LogP contribution in [0.25, 0.3) is 0 Å². The number of hydrogen-bond acceptors (Lipinski definition) is 7. The number of hydrogen-bond donors (Lipinski definition) is 2. The first-order chi connectivity index (χ1) is 16.6. The smallest absolute Gasteiger partial charge is 0.254 e. The molecule has 1 aliphatic carbocycles. The number of carbonyl (C=O) groups excluding carboxylic acids is 1. The van der Waals surface area contributed by atoms with E-state index < -0.39 is 0 Å². The van der Waals surface area contributed by atoms with Crippen LogP contribution < -0.4 is 15.4 Å². The number of carbonyl (C=O) groups is 1. The van der Waals surface area contributed by atoms with Gasteiger partial charge < -0.3 is 20.3 Å². The van der Waals surface area contributed by atoms with Crippen LogP contribution in [0.5, 0.6) is 5.75 Å². The summed E-state index contributed by atoms with van der Waals surface area (Å²) < 4.78 is 5.55. The Morgan fingerprint density at radius 1 is 1.12 bits per heavy atom. The summed E-state index contributed by atoms with van der Waals surface area (Å²) >= 11 is 3.63. The van der Waals surface area contributed by atoms with E-state index in [1.54, 1.807) is 25.4 Å². The van der Waals surface area contributed by atoms with E-state index in [0.29, 0.717) is 28.8 Å². The first-order valence-corrected chi connectivity index (χ1v) is 13.2.